The van der Waals surface area contributed by atoms with E-state index in [1.807, 2.05) is 4.90 Å². The highest BCUT2D eigenvalue weighted by Crippen LogP contribution is 2.35. The van der Waals surface area contributed by atoms with Gasteiger partial charge in [0.15, 0.2) is 0 Å². The van der Waals surface area contributed by atoms with Gasteiger partial charge >= 0.3 is 0 Å². The molecule has 1 aromatic rings. The molecule has 2 saturated heterocycles. The highest BCUT2D eigenvalue weighted by molar-refractivity contribution is 5.80. The lowest BCUT2D eigenvalue weighted by Crippen LogP contribution is -2.40. The molecule has 0 bridgehead atoms. The fourth-order valence-corrected chi connectivity index (χ4v) is 3.34. The largest absolute Gasteiger partial charge is 0.373 e. The Morgan fingerprint density at radius 2 is 2.05 bits per heavy atom. The van der Waals surface area contributed by atoms with E-state index in [9.17, 15) is 4.79 Å². The topological polar surface area (TPSA) is 55.6 Å². The van der Waals surface area contributed by atoms with Crippen molar-refractivity contribution in [1.82, 2.24) is 4.90 Å². The van der Waals surface area contributed by atoms with Crippen LogP contribution in [0.3, 0.4) is 0 Å². The molecule has 0 radical (unpaired) electrons. The van der Waals surface area contributed by atoms with Crippen LogP contribution in [0.4, 0.5) is 0 Å². The second-order valence-electron chi connectivity index (χ2n) is 6.28. The predicted molar refractivity (Wildman–Crippen MR) is 81.8 cm³/mol. The van der Waals surface area contributed by atoms with Crippen molar-refractivity contribution in [3.8, 4) is 0 Å². The van der Waals surface area contributed by atoms with Gasteiger partial charge in [0.25, 0.3) is 0 Å². The van der Waals surface area contributed by atoms with Gasteiger partial charge in [-0.05, 0) is 31.7 Å². The molecule has 1 aromatic carbocycles. The number of nitrogens with two attached hydrogens (primary N) is 1. The highest BCUT2D eigenvalue weighted by Gasteiger charge is 2.37. The molecule has 114 valence electrons. The average molecular weight is 288 g/mol. The first kappa shape index (κ1) is 14.5. The van der Waals surface area contributed by atoms with Gasteiger partial charge in [0.1, 0.15) is 0 Å². The molecule has 0 saturated carbocycles. The lowest BCUT2D eigenvalue weighted by atomic mass is 9.88. The summed E-state index contributed by atoms with van der Waals surface area (Å²) in [5, 5.41) is 0. The van der Waals surface area contributed by atoms with E-state index in [-0.39, 0.29) is 24.0 Å². The molecular weight excluding hydrogens is 264 g/mol. The summed E-state index contributed by atoms with van der Waals surface area (Å²) in [6.07, 6.45) is 2.67. The minimum Gasteiger partial charge on any atom is -0.373 e. The summed E-state index contributed by atoms with van der Waals surface area (Å²) in [6.45, 7) is 4.29. The molecule has 0 aromatic heterocycles. The van der Waals surface area contributed by atoms with Gasteiger partial charge < -0.3 is 15.4 Å². The lowest BCUT2D eigenvalue weighted by molar-refractivity contribution is -0.144. The Hall–Kier alpha value is -1.39. The van der Waals surface area contributed by atoms with Gasteiger partial charge in [-0.15, -0.1) is 0 Å². The van der Waals surface area contributed by atoms with E-state index in [1.54, 1.807) is 0 Å². The van der Waals surface area contributed by atoms with E-state index in [4.69, 9.17) is 10.5 Å². The summed E-state index contributed by atoms with van der Waals surface area (Å²) in [6, 6.07) is 8.47. The van der Waals surface area contributed by atoms with Crippen LogP contribution in [-0.2, 0) is 9.53 Å². The number of benzene rings is 1. The quantitative estimate of drug-likeness (QED) is 0.906. The van der Waals surface area contributed by atoms with Crippen molar-refractivity contribution in [3.05, 3.63) is 35.4 Å². The maximum absolute atomic E-state index is 12.8. The number of aryl methyl sites for hydroxylation is 1. The van der Waals surface area contributed by atoms with Crippen LogP contribution in [0.1, 0.15) is 36.5 Å². The van der Waals surface area contributed by atoms with Crippen molar-refractivity contribution >= 4 is 5.91 Å². The molecule has 2 aliphatic heterocycles. The molecule has 2 heterocycles. The van der Waals surface area contributed by atoms with Gasteiger partial charge in [-0.3, -0.25) is 4.79 Å². The number of hydrogen-bond donors (Lipinski definition) is 1. The van der Waals surface area contributed by atoms with E-state index in [0.29, 0.717) is 6.54 Å². The first-order valence-corrected chi connectivity index (χ1v) is 7.87. The van der Waals surface area contributed by atoms with E-state index < -0.39 is 0 Å². The lowest BCUT2D eigenvalue weighted by Gasteiger charge is -2.33. The minimum atomic E-state index is -0.108. The summed E-state index contributed by atoms with van der Waals surface area (Å²) in [5.74, 6) is 0.153. The summed E-state index contributed by atoms with van der Waals surface area (Å²) in [4.78, 5) is 14.7. The van der Waals surface area contributed by atoms with Crippen LogP contribution < -0.4 is 5.73 Å². The van der Waals surface area contributed by atoms with Crippen LogP contribution in [0.25, 0.3) is 0 Å². The molecular formula is C17H24N2O2. The fourth-order valence-electron chi connectivity index (χ4n) is 3.34. The molecule has 4 nitrogen and oxygen atoms in total. The zero-order chi connectivity index (χ0) is 14.8. The molecule has 0 spiro atoms. The monoisotopic (exact) mass is 288 g/mol. The van der Waals surface area contributed by atoms with Crippen LogP contribution in [0.5, 0.6) is 0 Å². The van der Waals surface area contributed by atoms with Crippen LogP contribution >= 0.6 is 0 Å². The zero-order valence-electron chi connectivity index (χ0n) is 12.6. The number of ether oxygens (including phenoxy) is 1. The normalized spacial score (nSPS) is 29.6. The first-order valence-electron chi connectivity index (χ1n) is 7.87. The third-order valence-corrected chi connectivity index (χ3v) is 4.58. The van der Waals surface area contributed by atoms with Crippen molar-refractivity contribution in [2.45, 2.75) is 38.3 Å². The number of rotatable bonds is 2. The van der Waals surface area contributed by atoms with Crippen LogP contribution in [0.2, 0.25) is 0 Å². The first-order chi connectivity index (χ1) is 10.1. The Morgan fingerprint density at radius 3 is 2.71 bits per heavy atom. The second kappa shape index (κ2) is 6.16. The van der Waals surface area contributed by atoms with Gasteiger partial charge in [0.2, 0.25) is 5.91 Å². The summed E-state index contributed by atoms with van der Waals surface area (Å²) < 4.78 is 5.95. The van der Waals surface area contributed by atoms with Gasteiger partial charge in [0, 0.05) is 25.7 Å². The Labute approximate surface area is 126 Å². The molecule has 3 atom stereocenters. The molecule has 3 rings (SSSR count). The zero-order valence-corrected chi connectivity index (χ0v) is 12.6. The van der Waals surface area contributed by atoms with E-state index in [1.165, 1.54) is 5.56 Å². The van der Waals surface area contributed by atoms with Crippen LogP contribution in [0, 0.1) is 12.8 Å². The second-order valence-corrected chi connectivity index (χ2v) is 6.28. The van der Waals surface area contributed by atoms with E-state index >= 15 is 0 Å². The number of nitrogens with zero attached hydrogens (tertiary/aromatic N) is 1. The molecule has 2 aliphatic rings. The molecule has 0 unspecified atom stereocenters. The maximum Gasteiger partial charge on any atom is 0.228 e. The van der Waals surface area contributed by atoms with Gasteiger partial charge in [-0.1, -0.05) is 29.8 Å². The molecule has 21 heavy (non-hydrogen) atoms. The summed E-state index contributed by atoms with van der Waals surface area (Å²) in [7, 11) is 0. The number of likely N-dealkylation sites (tertiary alicyclic amines) is 1. The highest BCUT2D eigenvalue weighted by atomic mass is 16.5. The van der Waals surface area contributed by atoms with Gasteiger partial charge in [-0.25, -0.2) is 0 Å². The average Bonchev–Trinajstić information content (AvgIpc) is 2.94. The van der Waals surface area contributed by atoms with Crippen LogP contribution in [0.15, 0.2) is 24.3 Å². The SMILES string of the molecule is Cc1ccc([C@@H]2OCCC[C@@H]2C(=O)N2CC[C@@H](N)C2)cc1. The summed E-state index contributed by atoms with van der Waals surface area (Å²) >= 11 is 0. The number of amides is 1. The Balaban J connectivity index is 1.78. The standard InChI is InChI=1S/C17H24N2O2/c1-12-4-6-13(7-5-12)16-15(3-2-10-21-16)17(20)19-9-8-14(18)11-19/h4-7,14-16H,2-3,8-11,18H2,1H3/t14-,15+,16+/m1/s1. The molecule has 0 aliphatic carbocycles. The predicted octanol–water partition coefficient (Wildman–Crippen LogP) is 2.02. The Bertz CT molecular complexity index is 500. The smallest absolute Gasteiger partial charge is 0.228 e. The van der Waals surface area contributed by atoms with Crippen molar-refractivity contribution in [1.29, 1.82) is 0 Å². The van der Waals surface area contributed by atoms with Gasteiger partial charge in [0.05, 0.1) is 12.0 Å². The van der Waals surface area contributed by atoms with E-state index in [0.717, 1.165) is 38.0 Å². The molecule has 2 fully saturated rings. The molecule has 2 N–H and O–H groups in total. The van der Waals surface area contributed by atoms with Crippen molar-refractivity contribution in [3.63, 3.8) is 0 Å². The van der Waals surface area contributed by atoms with Crippen molar-refractivity contribution in [2.24, 2.45) is 11.7 Å². The van der Waals surface area contributed by atoms with Crippen molar-refractivity contribution < 1.29 is 9.53 Å². The number of carbonyl (C=O) groups excluding carboxylic acids is 1. The Kier molecular flexibility index (Phi) is 4.27. The van der Waals surface area contributed by atoms with Crippen LogP contribution in [-0.4, -0.2) is 36.5 Å². The Morgan fingerprint density at radius 1 is 1.29 bits per heavy atom. The maximum atomic E-state index is 12.8. The minimum absolute atomic E-state index is 0.0632. The molecule has 1 amide bonds. The third-order valence-electron chi connectivity index (χ3n) is 4.58. The van der Waals surface area contributed by atoms with Gasteiger partial charge in [-0.2, -0.15) is 0 Å². The summed E-state index contributed by atoms with van der Waals surface area (Å²) in [5.41, 5.74) is 8.27. The van der Waals surface area contributed by atoms with Crippen molar-refractivity contribution in [2.75, 3.05) is 19.7 Å². The third kappa shape index (κ3) is 3.11. The number of hydrogen-bond acceptors (Lipinski definition) is 3. The molecule has 4 heteroatoms. The number of carbonyl (C=O) groups is 1. The fraction of sp³-hybridized carbons (Fsp3) is 0.588. The van der Waals surface area contributed by atoms with E-state index in [2.05, 4.69) is 31.2 Å².